The molecule has 5 nitrogen and oxygen atoms in total. The number of carbonyl (C=O) groups excluding carboxylic acids is 1. The zero-order chi connectivity index (χ0) is 7.40. The molecule has 0 radical (unpaired) electrons. The molecule has 52 valence electrons. The molecular weight excluding hydrogens is 134 g/mol. The fourth-order valence-electron chi connectivity index (χ4n) is 0.454. The van der Waals surface area contributed by atoms with E-state index in [9.17, 15) is 4.79 Å². The lowest BCUT2D eigenvalue weighted by Crippen LogP contribution is -2.09. The van der Waals surface area contributed by atoms with Gasteiger partial charge in [0, 0.05) is 0 Å². The van der Waals surface area contributed by atoms with Crippen molar-refractivity contribution in [1.82, 2.24) is 15.0 Å². The first-order chi connectivity index (χ1) is 4.84. The van der Waals surface area contributed by atoms with Gasteiger partial charge in [0.25, 0.3) is 0 Å². The number of carbonyl (C=O) groups is 1. The zero-order valence-electron chi connectivity index (χ0n) is 5.06. The molecule has 0 amide bonds. The molecule has 0 atom stereocenters. The van der Waals surface area contributed by atoms with Crippen molar-refractivity contribution in [1.29, 1.82) is 0 Å². The van der Waals surface area contributed by atoms with E-state index in [2.05, 4.69) is 15.0 Å². The first kappa shape index (κ1) is 6.76. The van der Waals surface area contributed by atoms with E-state index in [4.69, 9.17) is 5.11 Å². The third kappa shape index (κ3) is 1.32. The Morgan fingerprint density at radius 1 is 1.50 bits per heavy atom. The minimum atomic E-state index is -0.565. The van der Waals surface area contributed by atoms with Gasteiger partial charge in [0.1, 0.15) is 19.3 Å². The maximum Gasteiger partial charge on any atom is 0.225 e. The Hall–Kier alpha value is -1.36. The van der Waals surface area contributed by atoms with Crippen LogP contribution in [0, 0.1) is 0 Å². The minimum absolute atomic E-state index is 0.00231. The van der Waals surface area contributed by atoms with E-state index in [1.807, 2.05) is 0 Å². The van der Waals surface area contributed by atoms with E-state index >= 15 is 0 Å². The van der Waals surface area contributed by atoms with Crippen molar-refractivity contribution in [2.45, 2.75) is 0 Å². The van der Waals surface area contributed by atoms with Crippen molar-refractivity contribution in [2.75, 3.05) is 6.61 Å². The van der Waals surface area contributed by atoms with Gasteiger partial charge in [0.05, 0.1) is 0 Å². The molecular formula is C5H5N3O2. The Balaban J connectivity index is 2.85. The van der Waals surface area contributed by atoms with Crippen LogP contribution in [-0.2, 0) is 0 Å². The Bertz CT molecular complexity index is 224. The quantitative estimate of drug-likeness (QED) is 0.534. The van der Waals surface area contributed by atoms with Crippen molar-refractivity contribution in [3.8, 4) is 0 Å². The van der Waals surface area contributed by atoms with E-state index in [1.165, 1.54) is 12.7 Å². The minimum Gasteiger partial charge on any atom is -0.388 e. The first-order valence-electron chi connectivity index (χ1n) is 2.60. The molecule has 1 aromatic rings. The molecule has 0 spiro atoms. The first-order valence-corrected chi connectivity index (χ1v) is 2.60. The van der Waals surface area contributed by atoms with Gasteiger partial charge in [0.2, 0.25) is 11.6 Å². The van der Waals surface area contributed by atoms with Gasteiger partial charge in [-0.05, 0) is 0 Å². The highest BCUT2D eigenvalue weighted by molar-refractivity contribution is 5.93. The van der Waals surface area contributed by atoms with Crippen LogP contribution in [0.5, 0.6) is 0 Å². The van der Waals surface area contributed by atoms with E-state index in [-0.39, 0.29) is 5.82 Å². The highest BCUT2D eigenvalue weighted by Crippen LogP contribution is 1.85. The van der Waals surface area contributed by atoms with Crippen LogP contribution in [0.1, 0.15) is 10.6 Å². The third-order valence-electron chi connectivity index (χ3n) is 0.886. The summed E-state index contributed by atoms with van der Waals surface area (Å²) < 4.78 is 0. The summed E-state index contributed by atoms with van der Waals surface area (Å²) in [6, 6.07) is 0. The van der Waals surface area contributed by atoms with E-state index in [0.29, 0.717) is 0 Å². The summed E-state index contributed by atoms with van der Waals surface area (Å²) in [4.78, 5) is 21.2. The molecule has 0 aliphatic carbocycles. The molecule has 10 heavy (non-hydrogen) atoms. The lowest BCUT2D eigenvalue weighted by atomic mass is 10.4. The molecule has 0 saturated heterocycles. The normalized spacial score (nSPS) is 9.30. The second kappa shape index (κ2) is 2.98. The van der Waals surface area contributed by atoms with Crippen molar-refractivity contribution < 1.29 is 9.90 Å². The number of aliphatic hydroxyl groups excluding tert-OH is 1. The number of hydrogen-bond donors (Lipinski definition) is 1. The largest absolute Gasteiger partial charge is 0.388 e. The summed E-state index contributed by atoms with van der Waals surface area (Å²) in [5, 5.41) is 8.34. The summed E-state index contributed by atoms with van der Waals surface area (Å²) in [7, 11) is 0. The lowest BCUT2D eigenvalue weighted by molar-refractivity contribution is 0.0892. The average Bonchev–Trinajstić information content (AvgIpc) is 2.05. The molecule has 0 unspecified atom stereocenters. The van der Waals surface area contributed by atoms with Crippen LogP contribution < -0.4 is 0 Å². The van der Waals surface area contributed by atoms with E-state index < -0.39 is 12.4 Å². The molecule has 1 heterocycles. The number of rotatable bonds is 2. The molecule has 0 saturated carbocycles. The highest BCUT2D eigenvalue weighted by Gasteiger charge is 2.04. The van der Waals surface area contributed by atoms with Gasteiger partial charge in [-0.25, -0.2) is 15.0 Å². The standard InChI is InChI=1S/C5H5N3O2/c9-1-4(10)5-7-2-6-3-8-5/h2-3,9H,1H2. The molecule has 5 heteroatoms. The van der Waals surface area contributed by atoms with Crippen molar-refractivity contribution >= 4 is 5.78 Å². The van der Waals surface area contributed by atoms with Crippen LogP contribution in [0.2, 0.25) is 0 Å². The van der Waals surface area contributed by atoms with E-state index in [1.54, 1.807) is 0 Å². The van der Waals surface area contributed by atoms with Crippen LogP contribution in [-0.4, -0.2) is 32.4 Å². The Kier molecular flexibility index (Phi) is 2.01. The highest BCUT2D eigenvalue weighted by atomic mass is 16.3. The number of aliphatic hydroxyl groups is 1. The van der Waals surface area contributed by atoms with Gasteiger partial charge < -0.3 is 5.11 Å². The average molecular weight is 139 g/mol. The summed E-state index contributed by atoms with van der Waals surface area (Å²) >= 11 is 0. The summed E-state index contributed by atoms with van der Waals surface area (Å²) in [5.41, 5.74) is 0. The van der Waals surface area contributed by atoms with Gasteiger partial charge in [0.15, 0.2) is 0 Å². The summed E-state index contributed by atoms with van der Waals surface area (Å²) in [5.74, 6) is -0.500. The monoisotopic (exact) mass is 139 g/mol. The number of hydrogen-bond acceptors (Lipinski definition) is 5. The SMILES string of the molecule is O=C(CO)c1ncncn1. The molecule has 1 rings (SSSR count). The maximum absolute atomic E-state index is 10.6. The van der Waals surface area contributed by atoms with E-state index in [0.717, 1.165) is 0 Å². The molecule has 0 aliphatic heterocycles. The van der Waals surface area contributed by atoms with Crippen LogP contribution in [0.25, 0.3) is 0 Å². The van der Waals surface area contributed by atoms with Gasteiger partial charge in [-0.1, -0.05) is 0 Å². The maximum atomic E-state index is 10.6. The van der Waals surface area contributed by atoms with Crippen LogP contribution in [0.15, 0.2) is 12.7 Å². The van der Waals surface area contributed by atoms with Crippen LogP contribution in [0.4, 0.5) is 0 Å². The molecule has 0 bridgehead atoms. The predicted octanol–water partition coefficient (Wildman–Crippen LogP) is -0.953. The fraction of sp³-hybridized carbons (Fsp3) is 0.200. The molecule has 1 aromatic heterocycles. The Morgan fingerprint density at radius 2 is 2.10 bits per heavy atom. The molecule has 1 N–H and O–H groups in total. The Labute approximate surface area is 56.8 Å². The molecule has 0 aromatic carbocycles. The predicted molar refractivity (Wildman–Crippen MR) is 31.2 cm³/mol. The molecule has 0 aliphatic rings. The number of Topliss-reactive ketones (excluding diaryl/α,β-unsaturated/α-hetero) is 1. The van der Waals surface area contributed by atoms with Crippen molar-refractivity contribution in [2.24, 2.45) is 0 Å². The Morgan fingerprint density at radius 3 is 2.60 bits per heavy atom. The summed E-state index contributed by atoms with van der Waals surface area (Å²) in [6.45, 7) is -0.565. The van der Waals surface area contributed by atoms with Crippen LogP contribution >= 0.6 is 0 Å². The second-order valence-electron chi connectivity index (χ2n) is 1.54. The van der Waals surface area contributed by atoms with Gasteiger partial charge in [-0.15, -0.1) is 0 Å². The van der Waals surface area contributed by atoms with Crippen molar-refractivity contribution in [3.63, 3.8) is 0 Å². The molecule has 0 fully saturated rings. The van der Waals surface area contributed by atoms with Crippen molar-refractivity contribution in [3.05, 3.63) is 18.5 Å². The lowest BCUT2D eigenvalue weighted by Gasteiger charge is -1.90. The third-order valence-corrected chi connectivity index (χ3v) is 0.886. The van der Waals surface area contributed by atoms with Crippen LogP contribution in [0.3, 0.4) is 0 Å². The topological polar surface area (TPSA) is 76.0 Å². The summed E-state index contributed by atoms with van der Waals surface area (Å²) in [6.07, 6.45) is 2.41. The number of ketones is 1. The second-order valence-corrected chi connectivity index (χ2v) is 1.54. The van der Waals surface area contributed by atoms with Gasteiger partial charge >= 0.3 is 0 Å². The number of nitrogens with zero attached hydrogens (tertiary/aromatic N) is 3. The zero-order valence-corrected chi connectivity index (χ0v) is 5.06. The van der Waals surface area contributed by atoms with Gasteiger partial charge in [-0.3, -0.25) is 4.79 Å². The van der Waals surface area contributed by atoms with Gasteiger partial charge in [-0.2, -0.15) is 0 Å². The number of aromatic nitrogens is 3. The smallest absolute Gasteiger partial charge is 0.225 e. The fourth-order valence-corrected chi connectivity index (χ4v) is 0.454.